The van der Waals surface area contributed by atoms with E-state index < -0.39 is 0 Å². The molecule has 1 aromatic carbocycles. The molecule has 2 heterocycles. The van der Waals surface area contributed by atoms with Crippen molar-refractivity contribution in [2.75, 3.05) is 11.4 Å². The fraction of sp³-hybridized carbons (Fsp3) is 0.533. The third-order valence-corrected chi connectivity index (χ3v) is 4.63. The smallest absolute Gasteiger partial charge is 0.107 e. The van der Waals surface area contributed by atoms with Crippen LogP contribution >= 0.6 is 0 Å². The van der Waals surface area contributed by atoms with Gasteiger partial charge in [0, 0.05) is 18.2 Å². The first-order valence-corrected chi connectivity index (χ1v) is 6.83. The van der Waals surface area contributed by atoms with Gasteiger partial charge in [-0.15, -0.1) is 0 Å². The van der Waals surface area contributed by atoms with E-state index in [-0.39, 0.29) is 0 Å². The second-order valence-corrected chi connectivity index (χ2v) is 5.56. The minimum Gasteiger partial charge on any atom is -0.329 e. The van der Waals surface area contributed by atoms with Crippen LogP contribution in [0, 0.1) is 11.8 Å². The van der Waals surface area contributed by atoms with Crippen molar-refractivity contribution in [3.63, 3.8) is 0 Å². The molecule has 1 saturated heterocycles. The highest BCUT2D eigenvalue weighted by atomic mass is 15.2. The van der Waals surface area contributed by atoms with Gasteiger partial charge in [0.25, 0.3) is 0 Å². The van der Waals surface area contributed by atoms with Crippen LogP contribution in [0.3, 0.4) is 0 Å². The molecule has 3 aliphatic rings. The summed E-state index contributed by atoms with van der Waals surface area (Å²) < 4.78 is 0. The lowest BCUT2D eigenvalue weighted by atomic mass is 9.81. The van der Waals surface area contributed by atoms with Crippen molar-refractivity contribution >= 4 is 11.5 Å². The first-order chi connectivity index (χ1) is 8.43. The van der Waals surface area contributed by atoms with Crippen LogP contribution in [0.25, 0.3) is 0 Å². The Hall–Kier alpha value is -1.31. The molecule has 1 aliphatic carbocycles. The van der Waals surface area contributed by atoms with Crippen LogP contribution < -0.4 is 4.90 Å². The van der Waals surface area contributed by atoms with Gasteiger partial charge in [-0.25, -0.2) is 0 Å². The van der Waals surface area contributed by atoms with Crippen LogP contribution in [-0.4, -0.2) is 12.4 Å². The zero-order valence-electron chi connectivity index (χ0n) is 10.1. The first-order valence-electron chi connectivity index (χ1n) is 6.83. The predicted octanol–water partition coefficient (Wildman–Crippen LogP) is 3.23. The number of rotatable bonds is 0. The molecule has 1 aromatic rings. The molecule has 0 amide bonds. The van der Waals surface area contributed by atoms with Gasteiger partial charge in [-0.1, -0.05) is 31.0 Å². The summed E-state index contributed by atoms with van der Waals surface area (Å²) in [5, 5.41) is 0. The molecule has 2 atom stereocenters. The fourth-order valence-electron chi connectivity index (χ4n) is 3.79. The summed E-state index contributed by atoms with van der Waals surface area (Å²) in [5.41, 5.74) is 2.82. The number of para-hydroxylation sites is 1. The maximum atomic E-state index is 4.86. The summed E-state index contributed by atoms with van der Waals surface area (Å²) in [6.45, 7) is 2.10. The van der Waals surface area contributed by atoms with Gasteiger partial charge in [0.1, 0.15) is 5.84 Å². The van der Waals surface area contributed by atoms with E-state index in [4.69, 9.17) is 4.99 Å². The van der Waals surface area contributed by atoms with E-state index >= 15 is 0 Å². The summed E-state index contributed by atoms with van der Waals surface area (Å²) in [5.74, 6) is 3.03. The third kappa shape index (κ3) is 1.36. The molecule has 1 saturated carbocycles. The standard InChI is InChI=1S/C15H18N2/c1-3-7-13-12(6-1)10-17-14-8-4-2-5-11(14)9-16-15(13)17/h2,4-5,8,12-13H,1,3,6-7,9-10H2/t12-,13-/m0/s1. The number of hydrogen-bond acceptors (Lipinski definition) is 2. The van der Waals surface area contributed by atoms with Crippen molar-refractivity contribution in [1.29, 1.82) is 0 Å². The fourth-order valence-corrected chi connectivity index (χ4v) is 3.79. The Kier molecular flexibility index (Phi) is 2.05. The molecule has 0 unspecified atom stereocenters. The molecule has 2 aliphatic heterocycles. The molecule has 17 heavy (non-hydrogen) atoms. The van der Waals surface area contributed by atoms with Crippen molar-refractivity contribution in [2.45, 2.75) is 32.2 Å². The van der Waals surface area contributed by atoms with Gasteiger partial charge >= 0.3 is 0 Å². The summed E-state index contributed by atoms with van der Waals surface area (Å²) in [4.78, 5) is 7.36. The largest absolute Gasteiger partial charge is 0.329 e. The Bertz CT molecular complexity index is 478. The van der Waals surface area contributed by atoms with Gasteiger partial charge < -0.3 is 4.90 Å². The average Bonchev–Trinajstić information content (AvgIpc) is 2.78. The van der Waals surface area contributed by atoms with Crippen molar-refractivity contribution in [3.8, 4) is 0 Å². The van der Waals surface area contributed by atoms with E-state index in [2.05, 4.69) is 29.2 Å². The number of nitrogens with zero attached hydrogens (tertiary/aromatic N) is 2. The maximum Gasteiger partial charge on any atom is 0.107 e. The summed E-state index contributed by atoms with van der Waals surface area (Å²) >= 11 is 0. The van der Waals surface area contributed by atoms with Crippen LogP contribution in [0.2, 0.25) is 0 Å². The molecule has 2 fully saturated rings. The molecule has 0 bridgehead atoms. The highest BCUT2D eigenvalue weighted by molar-refractivity contribution is 6.03. The molecule has 0 radical (unpaired) electrons. The van der Waals surface area contributed by atoms with E-state index in [0.29, 0.717) is 0 Å². The lowest BCUT2D eigenvalue weighted by Gasteiger charge is -2.27. The van der Waals surface area contributed by atoms with Gasteiger partial charge in [0.2, 0.25) is 0 Å². The third-order valence-electron chi connectivity index (χ3n) is 4.63. The topological polar surface area (TPSA) is 15.6 Å². The van der Waals surface area contributed by atoms with Crippen LogP contribution in [0.15, 0.2) is 29.3 Å². The van der Waals surface area contributed by atoms with Crippen LogP contribution in [0.5, 0.6) is 0 Å². The van der Waals surface area contributed by atoms with Crippen molar-refractivity contribution < 1.29 is 0 Å². The van der Waals surface area contributed by atoms with Gasteiger partial charge in [-0.3, -0.25) is 4.99 Å². The highest BCUT2D eigenvalue weighted by Gasteiger charge is 2.41. The highest BCUT2D eigenvalue weighted by Crippen LogP contribution is 2.42. The number of aliphatic imine (C=N–C) groups is 1. The Morgan fingerprint density at radius 3 is 3.00 bits per heavy atom. The van der Waals surface area contributed by atoms with Crippen molar-refractivity contribution in [3.05, 3.63) is 29.8 Å². The molecule has 0 N–H and O–H groups in total. The van der Waals surface area contributed by atoms with E-state index in [1.54, 1.807) is 0 Å². The minimum absolute atomic E-state index is 0.761. The molecule has 2 heteroatoms. The average molecular weight is 226 g/mol. The van der Waals surface area contributed by atoms with Crippen LogP contribution in [0.1, 0.15) is 31.2 Å². The van der Waals surface area contributed by atoms with Gasteiger partial charge in [-0.05, 0) is 30.4 Å². The van der Waals surface area contributed by atoms with E-state index in [1.165, 1.54) is 49.3 Å². The molecular weight excluding hydrogens is 208 g/mol. The predicted molar refractivity (Wildman–Crippen MR) is 70.4 cm³/mol. The second kappa shape index (κ2) is 3.59. The second-order valence-electron chi connectivity index (χ2n) is 5.56. The Labute approximate surface area is 102 Å². The van der Waals surface area contributed by atoms with Gasteiger partial charge in [0.15, 0.2) is 0 Å². The van der Waals surface area contributed by atoms with E-state index in [0.717, 1.165) is 18.4 Å². The van der Waals surface area contributed by atoms with Gasteiger partial charge in [0.05, 0.1) is 6.54 Å². The lowest BCUT2D eigenvalue weighted by Crippen LogP contribution is -2.31. The number of hydrogen-bond donors (Lipinski definition) is 0. The molecular formula is C15H18N2. The quantitative estimate of drug-likeness (QED) is 0.663. The number of fused-ring (bicyclic) bond motifs is 5. The first kappa shape index (κ1) is 9.69. The zero-order valence-corrected chi connectivity index (χ0v) is 10.1. The van der Waals surface area contributed by atoms with Crippen molar-refractivity contribution in [1.82, 2.24) is 0 Å². The van der Waals surface area contributed by atoms with Crippen LogP contribution in [-0.2, 0) is 6.54 Å². The zero-order chi connectivity index (χ0) is 11.2. The normalized spacial score (nSPS) is 30.4. The van der Waals surface area contributed by atoms with Crippen LogP contribution in [0.4, 0.5) is 5.69 Å². The maximum absolute atomic E-state index is 4.86. The number of anilines is 1. The number of benzene rings is 1. The van der Waals surface area contributed by atoms with Gasteiger partial charge in [-0.2, -0.15) is 0 Å². The lowest BCUT2D eigenvalue weighted by molar-refractivity contribution is 0.334. The SMILES string of the molecule is c1ccc2c(c1)CN=C1[C@H]3CCCC[C@H]3CN12. The Morgan fingerprint density at radius 2 is 2.00 bits per heavy atom. The molecule has 88 valence electrons. The molecule has 4 rings (SSSR count). The summed E-state index contributed by atoms with van der Waals surface area (Å²) in [6, 6.07) is 8.77. The monoisotopic (exact) mass is 226 g/mol. The molecule has 0 spiro atoms. The van der Waals surface area contributed by atoms with Crippen molar-refractivity contribution in [2.24, 2.45) is 16.8 Å². The summed E-state index contributed by atoms with van der Waals surface area (Å²) in [7, 11) is 0. The Morgan fingerprint density at radius 1 is 1.12 bits per heavy atom. The van der Waals surface area contributed by atoms with E-state index in [9.17, 15) is 0 Å². The number of amidine groups is 1. The minimum atomic E-state index is 0.761. The molecule has 0 aromatic heterocycles. The van der Waals surface area contributed by atoms with E-state index in [1.807, 2.05) is 0 Å². The summed E-state index contributed by atoms with van der Waals surface area (Å²) in [6.07, 6.45) is 5.59. The molecule has 2 nitrogen and oxygen atoms in total. The Balaban J connectivity index is 1.76.